The molecule has 196 valence electrons. The fraction of sp³-hybridized carbons (Fsp3) is 1.00. The molecule has 34 heavy (non-hydrogen) atoms. The van der Waals surface area contributed by atoms with Crippen LogP contribution in [0.5, 0.6) is 0 Å². The lowest BCUT2D eigenvalue weighted by Gasteiger charge is -2.40. The zero-order valence-electron chi connectivity index (χ0n) is 21.2. The Labute approximate surface area is 216 Å². The highest BCUT2D eigenvalue weighted by Gasteiger charge is 2.53. The van der Waals surface area contributed by atoms with E-state index in [1.54, 1.807) is 6.92 Å². The van der Waals surface area contributed by atoms with E-state index in [0.29, 0.717) is 0 Å². The summed E-state index contributed by atoms with van der Waals surface area (Å²) >= 11 is 8.46. The third-order valence-electron chi connectivity index (χ3n) is 7.32. The van der Waals surface area contributed by atoms with Gasteiger partial charge in [-0.1, -0.05) is 52.2 Å². The number of hydrogen-bond acceptors (Lipinski definition) is 9. The standard InChI is InChI=1S/C18H38B2O9P2S2Si/c1-10-14-12(26-17(10)20-19)8-23-31(22,33)28-15-11(2)25-13(9-24-30(21,32)27-14)16(15)29-34(6,7)18(3,4)5/h10-17,20H,8-9,19H2,1-7H3,(H,21,32)(H,22,33)/t10-,11+,12-,13-,14+,15+,16-,17-,30?,31?/m1/s1. The van der Waals surface area contributed by atoms with E-state index in [1.165, 1.54) is 0 Å². The minimum atomic E-state index is -3.82. The van der Waals surface area contributed by atoms with E-state index in [2.05, 4.69) is 58.4 Å². The maximum atomic E-state index is 13.3. The van der Waals surface area contributed by atoms with E-state index in [-0.39, 0.29) is 30.2 Å². The lowest BCUT2D eigenvalue weighted by atomic mass is 9.49. The summed E-state index contributed by atoms with van der Waals surface area (Å²) in [5.74, 6) is -0.101. The van der Waals surface area contributed by atoms with Gasteiger partial charge in [0.1, 0.15) is 37.7 Å². The summed E-state index contributed by atoms with van der Waals surface area (Å²) in [6.45, 7) is 6.49. The topological polar surface area (TPSA) is 98.8 Å². The zero-order valence-corrected chi connectivity index (χ0v) is 25.8. The van der Waals surface area contributed by atoms with Crippen molar-refractivity contribution in [2.45, 2.75) is 95.4 Å². The van der Waals surface area contributed by atoms with Crippen molar-refractivity contribution in [1.29, 1.82) is 0 Å². The maximum absolute atomic E-state index is 13.3. The molecule has 3 heterocycles. The molecule has 0 aromatic carbocycles. The summed E-state index contributed by atoms with van der Waals surface area (Å²) < 4.78 is 68.4. The minimum absolute atomic E-state index is 0.0914. The van der Waals surface area contributed by atoms with Crippen LogP contribution in [-0.2, 0) is 41.1 Å². The van der Waals surface area contributed by atoms with Crippen molar-refractivity contribution in [3.63, 3.8) is 0 Å². The van der Waals surface area contributed by atoms with Gasteiger partial charge in [-0.05, 0) is 25.1 Å². The lowest BCUT2D eigenvalue weighted by molar-refractivity contribution is -0.0200. The molecular formula is C18H38B2O9P2S2Si. The Balaban J connectivity index is 1.92. The highest BCUT2D eigenvalue weighted by atomic mass is 32.7. The van der Waals surface area contributed by atoms with E-state index in [4.69, 9.17) is 32.0 Å². The average molecular weight is 574 g/mol. The fourth-order valence-corrected chi connectivity index (χ4v) is 8.69. The third-order valence-corrected chi connectivity index (χ3v) is 15.0. The predicted octanol–water partition coefficient (Wildman–Crippen LogP) is 3.40. The average Bonchev–Trinajstić information content (AvgIpc) is 3.14. The molecule has 0 amide bonds. The van der Waals surface area contributed by atoms with Crippen LogP contribution in [0, 0.1) is 5.92 Å². The fourth-order valence-electron chi connectivity index (χ4n) is 4.29. The molecule has 0 aliphatic carbocycles. The van der Waals surface area contributed by atoms with Gasteiger partial charge in [-0.15, -0.1) is 0 Å². The molecule has 9 nitrogen and oxygen atoms in total. The number of ether oxygens (including phenoxy) is 2. The number of thiol groups is 2. The molecule has 3 rings (SSSR count). The van der Waals surface area contributed by atoms with Gasteiger partial charge in [-0.3, -0.25) is 18.1 Å². The lowest BCUT2D eigenvalue weighted by Crippen LogP contribution is -2.50. The summed E-state index contributed by atoms with van der Waals surface area (Å²) in [4.78, 5) is 0. The highest BCUT2D eigenvalue weighted by molar-refractivity contribution is 8.44. The Morgan fingerprint density at radius 2 is 1.50 bits per heavy atom. The van der Waals surface area contributed by atoms with Crippen molar-refractivity contribution >= 4 is 61.3 Å². The van der Waals surface area contributed by atoms with E-state index in [9.17, 15) is 9.13 Å². The number of fused-ring (bicyclic) bond motifs is 3. The summed E-state index contributed by atoms with van der Waals surface area (Å²) in [5, 5.41) is -0.0957. The minimum Gasteiger partial charge on any atom is -0.408 e. The molecule has 0 N–H and O–H groups in total. The van der Waals surface area contributed by atoms with Gasteiger partial charge in [-0.2, -0.15) is 0 Å². The first-order valence-electron chi connectivity index (χ1n) is 11.8. The molecule has 3 fully saturated rings. The molecule has 3 saturated heterocycles. The molecule has 16 heteroatoms. The monoisotopic (exact) mass is 574 g/mol. The molecule has 3 aliphatic heterocycles. The second kappa shape index (κ2) is 10.8. The van der Waals surface area contributed by atoms with Gasteiger partial charge in [0, 0.05) is 11.9 Å². The molecule has 3 aliphatic rings. The zero-order chi connectivity index (χ0) is 25.7. The molecule has 0 aromatic rings. The van der Waals surface area contributed by atoms with Gasteiger partial charge in [0.25, 0.3) is 0 Å². The molecule has 0 aromatic heterocycles. The predicted molar refractivity (Wildman–Crippen MR) is 145 cm³/mol. The third kappa shape index (κ3) is 6.80. The molecule has 2 bridgehead atoms. The molecule has 0 saturated carbocycles. The Bertz CT molecular complexity index is 836. The van der Waals surface area contributed by atoms with Crippen LogP contribution in [0.2, 0.25) is 18.1 Å². The van der Waals surface area contributed by atoms with Crippen molar-refractivity contribution < 1.29 is 41.1 Å². The summed E-state index contributed by atoms with van der Waals surface area (Å²) in [6, 6.07) is -0.137. The molecule has 0 radical (unpaired) electrons. The quantitative estimate of drug-likeness (QED) is 0.299. The van der Waals surface area contributed by atoms with Crippen LogP contribution in [0.1, 0.15) is 34.6 Å². The summed E-state index contributed by atoms with van der Waals surface area (Å²) in [5.41, 5.74) is 0. The van der Waals surface area contributed by atoms with Crippen molar-refractivity contribution in [3.8, 4) is 0 Å². The Hall–Kier alpha value is 1.23. The van der Waals surface area contributed by atoms with E-state index in [0.717, 1.165) is 7.17 Å². The van der Waals surface area contributed by atoms with Crippen LogP contribution in [0.3, 0.4) is 0 Å². The first-order chi connectivity index (χ1) is 15.5. The second-order valence-electron chi connectivity index (χ2n) is 10.9. The van der Waals surface area contributed by atoms with Crippen LogP contribution in [0.15, 0.2) is 0 Å². The van der Waals surface area contributed by atoms with Crippen LogP contribution >= 0.6 is 38.1 Å². The second-order valence-corrected chi connectivity index (χ2v) is 21.4. The first-order valence-corrected chi connectivity index (χ1v) is 20.1. The van der Waals surface area contributed by atoms with Gasteiger partial charge in [0.2, 0.25) is 0 Å². The van der Waals surface area contributed by atoms with Gasteiger partial charge < -0.3 is 13.9 Å². The molecule has 0 spiro atoms. The van der Waals surface area contributed by atoms with Crippen molar-refractivity contribution in [2.24, 2.45) is 5.92 Å². The van der Waals surface area contributed by atoms with Crippen molar-refractivity contribution in [2.75, 3.05) is 13.2 Å². The van der Waals surface area contributed by atoms with E-state index >= 15 is 0 Å². The molecule has 2 unspecified atom stereocenters. The van der Waals surface area contributed by atoms with Crippen LogP contribution in [0.4, 0.5) is 0 Å². The van der Waals surface area contributed by atoms with Gasteiger partial charge in [-0.25, -0.2) is 9.13 Å². The smallest absolute Gasteiger partial charge is 0.386 e. The van der Waals surface area contributed by atoms with E-state index in [1.807, 2.05) is 14.7 Å². The Kier molecular flexibility index (Phi) is 9.43. The van der Waals surface area contributed by atoms with Gasteiger partial charge in [0.05, 0.1) is 27.1 Å². The van der Waals surface area contributed by atoms with E-state index < -0.39 is 58.5 Å². The highest BCUT2D eigenvalue weighted by Crippen LogP contribution is 2.59. The Morgan fingerprint density at radius 3 is 2.03 bits per heavy atom. The molecular weight excluding hydrogens is 536 g/mol. The first kappa shape index (κ1) is 29.8. The van der Waals surface area contributed by atoms with Crippen LogP contribution < -0.4 is 0 Å². The summed E-state index contributed by atoms with van der Waals surface area (Å²) in [6.07, 6.45) is -3.74. The van der Waals surface area contributed by atoms with Crippen LogP contribution in [0.25, 0.3) is 0 Å². The SMILES string of the molecule is BB[C@@H]1O[C@@H]2COP(=O)(S)O[C@@H]3[C@H](O[Si](C)(C)C(C)(C)C)[C@@H](COP(=O)(S)O[C@H]2[C@H]1C)O[C@H]3C. The maximum Gasteiger partial charge on any atom is 0.386 e. The largest absolute Gasteiger partial charge is 0.408 e. The Morgan fingerprint density at radius 1 is 0.971 bits per heavy atom. The van der Waals surface area contributed by atoms with Crippen LogP contribution in [-0.4, -0.2) is 79.1 Å². The van der Waals surface area contributed by atoms with Crippen molar-refractivity contribution in [1.82, 2.24) is 0 Å². The summed E-state index contributed by atoms with van der Waals surface area (Å²) in [7, 11) is 0.419. The molecule has 10 atom stereocenters. The number of hydrogen-bond donors (Lipinski definition) is 2. The normalized spacial score (nSPS) is 46.7. The van der Waals surface area contributed by atoms with Gasteiger partial charge >= 0.3 is 13.6 Å². The van der Waals surface area contributed by atoms with Gasteiger partial charge in [0.15, 0.2) is 8.32 Å². The number of rotatable bonds is 3. The van der Waals surface area contributed by atoms with Crippen molar-refractivity contribution in [3.05, 3.63) is 0 Å².